The molecule has 1 atom stereocenters. The first-order valence-corrected chi connectivity index (χ1v) is 28.0. The van der Waals surface area contributed by atoms with E-state index in [0.717, 1.165) is 16.6 Å². The third-order valence-electron chi connectivity index (χ3n) is 11.0. The summed E-state index contributed by atoms with van der Waals surface area (Å²) < 4.78 is 19.3. The van der Waals surface area contributed by atoms with Gasteiger partial charge < -0.3 is 0 Å². The van der Waals surface area contributed by atoms with Crippen LogP contribution in [0.3, 0.4) is 0 Å². The minimum atomic E-state index is -2.97. The van der Waals surface area contributed by atoms with E-state index in [1.165, 1.54) is 142 Å². The van der Waals surface area contributed by atoms with Gasteiger partial charge in [-0.15, -0.1) is 0 Å². The summed E-state index contributed by atoms with van der Waals surface area (Å²) in [5, 5.41) is 1.04. The van der Waals surface area contributed by atoms with Gasteiger partial charge in [-0.05, 0) is 0 Å². The molecule has 5 nitrogen and oxygen atoms in total. The summed E-state index contributed by atoms with van der Waals surface area (Å²) in [6.07, 6.45) is 28.9. The van der Waals surface area contributed by atoms with E-state index in [9.17, 15) is 9.59 Å². The zero-order chi connectivity index (χ0) is 34.6. The number of aromatic nitrogens is 1. The molecule has 0 saturated heterocycles. The van der Waals surface area contributed by atoms with Gasteiger partial charge in [0.2, 0.25) is 0 Å². The fourth-order valence-corrected chi connectivity index (χ4v) is 23.1. The molecule has 0 aliphatic carbocycles. The topological polar surface area (TPSA) is 65.3 Å². The molecule has 3 aromatic rings. The van der Waals surface area contributed by atoms with Gasteiger partial charge in [0.15, 0.2) is 0 Å². The summed E-state index contributed by atoms with van der Waals surface area (Å²) in [6, 6.07) is 3.85. The van der Waals surface area contributed by atoms with Crippen molar-refractivity contribution in [3.63, 3.8) is 0 Å². The molecule has 0 bridgehead atoms. The predicted molar refractivity (Wildman–Crippen MR) is 210 cm³/mol. The van der Waals surface area contributed by atoms with Crippen LogP contribution in [-0.4, -0.2) is 22.9 Å². The molecule has 1 unspecified atom stereocenters. The summed E-state index contributed by atoms with van der Waals surface area (Å²) in [7, 11) is 0. The van der Waals surface area contributed by atoms with Gasteiger partial charge in [-0.2, -0.15) is 0 Å². The number of fused-ring (bicyclic) bond motifs is 3. The standard InChI is InChI=1S/C30H44NO4.3C4H9.Sn/c1-3-5-7-9-11-12-14-16-18-24(17-15-13-10-8-6-4-2)23-31-29(32)25-19-21-34-27(25)28-26(30(31)33)20-22-35-28;3*1-3-4-2;/h19-21,24H,3-18,23H2,1-2H3;3*1,3-4H2,2H3;. The third kappa shape index (κ3) is 12.1. The van der Waals surface area contributed by atoms with Crippen molar-refractivity contribution in [3.05, 3.63) is 39.1 Å². The van der Waals surface area contributed by atoms with Crippen LogP contribution in [0.25, 0.3) is 21.9 Å². The Bertz CT molecular complexity index is 1400. The van der Waals surface area contributed by atoms with E-state index in [-0.39, 0.29) is 11.1 Å². The van der Waals surface area contributed by atoms with Gasteiger partial charge in [0.1, 0.15) is 0 Å². The number of hydrogen-bond donors (Lipinski definition) is 0. The van der Waals surface area contributed by atoms with E-state index in [2.05, 4.69) is 40.7 Å². The Balaban J connectivity index is 1.98. The monoisotopic (exact) mass is 773 g/mol. The van der Waals surface area contributed by atoms with Crippen LogP contribution in [0.1, 0.15) is 176 Å². The average molecular weight is 773 g/mol. The molecule has 0 radical (unpaired) electrons. The molecular formula is C42H71NO4Sn. The third-order valence-corrected chi connectivity index (χ3v) is 25.9. The van der Waals surface area contributed by atoms with Gasteiger partial charge in [-0.25, -0.2) is 0 Å². The summed E-state index contributed by atoms with van der Waals surface area (Å²) in [5.41, 5.74) is 0.557. The van der Waals surface area contributed by atoms with Crippen LogP contribution < -0.4 is 14.9 Å². The Morgan fingerprint density at radius 2 is 1.04 bits per heavy atom. The summed E-state index contributed by atoms with van der Waals surface area (Å²) in [6.45, 7) is 11.9. The van der Waals surface area contributed by atoms with E-state index in [1.807, 2.05) is 0 Å². The molecule has 3 rings (SSSR count). The average Bonchev–Trinajstić information content (AvgIpc) is 3.76. The second-order valence-corrected chi connectivity index (χ2v) is 28.0. The number of unbranched alkanes of at least 4 members (excludes halogenated alkanes) is 15. The molecule has 6 heteroatoms. The molecule has 3 heterocycles. The van der Waals surface area contributed by atoms with Crippen molar-refractivity contribution in [2.45, 2.75) is 196 Å². The fraction of sp³-hybridized carbons (Fsp3) is 0.762. The molecule has 0 aliphatic heterocycles. The van der Waals surface area contributed by atoms with Crippen molar-refractivity contribution in [2.24, 2.45) is 5.92 Å². The van der Waals surface area contributed by atoms with E-state index in [1.54, 1.807) is 16.9 Å². The second kappa shape index (κ2) is 23.1. The quantitative estimate of drug-likeness (QED) is 0.0545. The number of hydrogen-bond acceptors (Lipinski definition) is 4. The maximum atomic E-state index is 14.5. The van der Waals surface area contributed by atoms with Crippen LogP contribution in [0.15, 0.2) is 36.8 Å². The van der Waals surface area contributed by atoms with Crippen LogP contribution in [0.5, 0.6) is 0 Å². The van der Waals surface area contributed by atoms with E-state index in [4.69, 9.17) is 8.83 Å². The Kier molecular flexibility index (Phi) is 19.7. The second-order valence-electron chi connectivity index (χ2n) is 15.0. The minimum absolute atomic E-state index is 0.179. The van der Waals surface area contributed by atoms with Crippen molar-refractivity contribution in [2.75, 3.05) is 0 Å². The number of rotatable bonds is 28. The zero-order valence-electron chi connectivity index (χ0n) is 31.8. The van der Waals surface area contributed by atoms with Crippen molar-refractivity contribution in [1.29, 1.82) is 0 Å². The summed E-state index contributed by atoms with van der Waals surface area (Å²) >= 11 is -2.97. The molecule has 48 heavy (non-hydrogen) atoms. The maximum absolute atomic E-state index is 14.5. The number of furan rings is 2. The molecule has 0 aromatic carbocycles. The van der Waals surface area contributed by atoms with Gasteiger partial charge >= 0.3 is 246 Å². The predicted octanol–water partition coefficient (Wildman–Crippen LogP) is 12.7. The zero-order valence-corrected chi connectivity index (χ0v) is 34.6. The Morgan fingerprint density at radius 1 is 0.583 bits per heavy atom. The van der Waals surface area contributed by atoms with Crippen molar-refractivity contribution >= 4 is 44.1 Å². The molecule has 272 valence electrons. The van der Waals surface area contributed by atoms with Crippen molar-refractivity contribution in [3.8, 4) is 0 Å². The molecule has 0 N–H and O–H groups in total. The first kappa shape index (κ1) is 40.9. The van der Waals surface area contributed by atoms with Gasteiger partial charge in [0, 0.05) is 0 Å². The Labute approximate surface area is 296 Å². The number of nitrogens with zero attached hydrogens (tertiary/aromatic N) is 1. The summed E-state index contributed by atoms with van der Waals surface area (Å²) in [5.74, 6) is 0.323. The summed E-state index contributed by atoms with van der Waals surface area (Å²) in [4.78, 5) is 28.6. The molecule has 0 saturated carbocycles. The SMILES string of the molecule is CCCCCCCCCCC(CCCCCCCC)Cn1c(=O)c2ccoc2c2o[c]([Sn]([CH2]CCC)([CH2]CCC)[CH2]CCC)cc2c1=O. The molecular weight excluding hydrogens is 701 g/mol. The van der Waals surface area contributed by atoms with Crippen LogP contribution >= 0.6 is 0 Å². The van der Waals surface area contributed by atoms with Crippen LogP contribution in [0.2, 0.25) is 13.3 Å². The van der Waals surface area contributed by atoms with Gasteiger partial charge in [0.05, 0.1) is 0 Å². The van der Waals surface area contributed by atoms with E-state index >= 15 is 0 Å². The fourth-order valence-electron chi connectivity index (χ4n) is 7.84. The van der Waals surface area contributed by atoms with Gasteiger partial charge in [-0.1, -0.05) is 52.4 Å². The van der Waals surface area contributed by atoms with E-state index < -0.39 is 18.4 Å². The molecule has 0 spiro atoms. The van der Waals surface area contributed by atoms with Gasteiger partial charge in [0.25, 0.3) is 0 Å². The van der Waals surface area contributed by atoms with E-state index in [0.29, 0.717) is 34.4 Å². The molecule has 0 aliphatic rings. The Morgan fingerprint density at radius 3 is 1.54 bits per heavy atom. The van der Waals surface area contributed by atoms with Crippen LogP contribution in [0, 0.1) is 5.92 Å². The normalized spacial score (nSPS) is 12.9. The van der Waals surface area contributed by atoms with Gasteiger partial charge in [-0.3, -0.25) is 0 Å². The van der Waals surface area contributed by atoms with Crippen molar-refractivity contribution in [1.82, 2.24) is 4.57 Å². The van der Waals surface area contributed by atoms with Crippen molar-refractivity contribution < 1.29 is 8.83 Å². The molecule has 0 amide bonds. The first-order chi connectivity index (χ1) is 23.5. The first-order valence-electron chi connectivity index (χ1n) is 20.5. The molecule has 0 fully saturated rings. The van der Waals surface area contributed by atoms with Crippen LogP contribution in [0.4, 0.5) is 0 Å². The Hall–Kier alpha value is -1.50. The molecule has 3 aromatic heterocycles. The van der Waals surface area contributed by atoms with Crippen LogP contribution in [-0.2, 0) is 6.54 Å².